The Morgan fingerprint density at radius 1 is 1.09 bits per heavy atom. The van der Waals surface area contributed by atoms with E-state index in [1.807, 2.05) is 11.8 Å². The smallest absolute Gasteiger partial charge is 0.407 e. The molecule has 2 aliphatic rings. The second-order valence-corrected chi connectivity index (χ2v) is 11.0. The molecular formula is C30H32F4N6O4. The minimum absolute atomic E-state index is 0.0724. The van der Waals surface area contributed by atoms with Crippen molar-refractivity contribution in [3.63, 3.8) is 0 Å². The summed E-state index contributed by atoms with van der Waals surface area (Å²) in [6.45, 7) is 2.91. The Balaban J connectivity index is 1.38. The Labute approximate surface area is 250 Å². The number of carbonyl (C=O) groups excluding carboxylic acids is 2. The largest absolute Gasteiger partial charge is 0.453 e. The first-order valence-corrected chi connectivity index (χ1v) is 14.0. The van der Waals surface area contributed by atoms with Crippen molar-refractivity contribution < 1.29 is 36.6 Å². The molecule has 0 bridgehead atoms. The van der Waals surface area contributed by atoms with Crippen molar-refractivity contribution >= 4 is 23.4 Å². The Morgan fingerprint density at radius 2 is 1.80 bits per heavy atom. The Bertz CT molecular complexity index is 1520. The van der Waals surface area contributed by atoms with Crippen LogP contribution in [-0.4, -0.2) is 67.5 Å². The maximum atomic E-state index is 15.4. The van der Waals surface area contributed by atoms with Gasteiger partial charge in [-0.25, -0.2) is 27.3 Å². The molecule has 0 radical (unpaired) electrons. The normalized spacial score (nSPS) is 21.4. The van der Waals surface area contributed by atoms with E-state index in [4.69, 9.17) is 15.2 Å². The molecular weight excluding hydrogens is 584 g/mol. The van der Waals surface area contributed by atoms with E-state index in [0.29, 0.717) is 18.8 Å². The van der Waals surface area contributed by atoms with Crippen molar-refractivity contribution in [1.29, 1.82) is 0 Å². The average molecular weight is 617 g/mol. The van der Waals surface area contributed by atoms with Gasteiger partial charge >= 0.3 is 6.09 Å². The number of anilines is 2. The summed E-state index contributed by atoms with van der Waals surface area (Å²) in [5.74, 6) is -4.37. The summed E-state index contributed by atoms with van der Waals surface area (Å²) >= 11 is 0. The van der Waals surface area contributed by atoms with Gasteiger partial charge < -0.3 is 30.7 Å². The number of nitrogens with one attached hydrogen (secondary N) is 2. The molecule has 3 aromatic rings. The van der Waals surface area contributed by atoms with E-state index in [1.165, 1.54) is 19.5 Å². The number of aromatic nitrogens is 2. The van der Waals surface area contributed by atoms with Gasteiger partial charge in [-0.3, -0.25) is 9.78 Å². The van der Waals surface area contributed by atoms with Crippen LogP contribution >= 0.6 is 0 Å². The van der Waals surface area contributed by atoms with E-state index in [1.54, 1.807) is 6.07 Å². The van der Waals surface area contributed by atoms with Crippen LogP contribution in [0.3, 0.4) is 0 Å². The lowest BCUT2D eigenvalue weighted by Crippen LogP contribution is -2.62. The fourth-order valence-electron chi connectivity index (χ4n) is 5.70. The van der Waals surface area contributed by atoms with Gasteiger partial charge in [0.2, 0.25) is 0 Å². The third-order valence-corrected chi connectivity index (χ3v) is 8.03. The van der Waals surface area contributed by atoms with Crippen LogP contribution in [0.2, 0.25) is 0 Å². The fourth-order valence-corrected chi connectivity index (χ4v) is 5.70. The number of alkyl halides is 1. The number of rotatable bonds is 6. The second-order valence-electron chi connectivity index (χ2n) is 11.0. The number of methoxy groups -OCH3 is 1. The van der Waals surface area contributed by atoms with Crippen molar-refractivity contribution in [2.24, 2.45) is 11.7 Å². The molecule has 2 amide bonds. The standard InChI is InChI=1S/C30H32F4N6O4/c1-16-14-40(15-21(35)26(16)39-29(42)43-2)24-5-8-36-13-23(24)38-28(41)22-4-3-18(31)27(37-22)25-19(32)11-17(12-20(25)33)30(34)6-9-44-10-7-30/h3-5,8,11-13,16,21,26H,6-7,9-10,14-15,35H2,1-2H3,(H,38,41)(H,39,42). The van der Waals surface area contributed by atoms with Crippen molar-refractivity contribution in [3.05, 3.63) is 71.4 Å². The molecule has 4 N–H and O–H groups in total. The van der Waals surface area contributed by atoms with E-state index in [-0.39, 0.29) is 55.0 Å². The van der Waals surface area contributed by atoms with E-state index < -0.39 is 52.4 Å². The number of nitrogens with two attached hydrogens (primary N) is 1. The van der Waals surface area contributed by atoms with Crippen molar-refractivity contribution in [3.8, 4) is 11.3 Å². The van der Waals surface area contributed by atoms with Gasteiger partial charge in [-0.1, -0.05) is 6.92 Å². The molecule has 3 unspecified atom stereocenters. The first kappa shape index (κ1) is 31.1. The second kappa shape index (κ2) is 12.7. The average Bonchev–Trinajstić information content (AvgIpc) is 2.99. The Hall–Kier alpha value is -4.30. The maximum Gasteiger partial charge on any atom is 0.407 e. The zero-order valence-electron chi connectivity index (χ0n) is 24.1. The number of hydrogen-bond donors (Lipinski definition) is 3. The van der Waals surface area contributed by atoms with Crippen molar-refractivity contribution in [2.75, 3.05) is 43.6 Å². The van der Waals surface area contributed by atoms with Crippen LogP contribution < -0.4 is 21.3 Å². The summed E-state index contributed by atoms with van der Waals surface area (Å²) in [4.78, 5) is 35.0. The Morgan fingerprint density at radius 3 is 2.45 bits per heavy atom. The molecule has 4 heterocycles. The zero-order valence-corrected chi connectivity index (χ0v) is 24.1. The predicted molar refractivity (Wildman–Crippen MR) is 153 cm³/mol. The molecule has 5 rings (SSSR count). The van der Waals surface area contributed by atoms with Crippen molar-refractivity contribution in [1.82, 2.24) is 15.3 Å². The number of benzene rings is 1. The molecule has 0 spiro atoms. The number of alkyl carbamates (subject to hydrolysis) is 1. The quantitative estimate of drug-likeness (QED) is 0.350. The number of amides is 2. The maximum absolute atomic E-state index is 15.4. The number of carbonyl (C=O) groups is 2. The summed E-state index contributed by atoms with van der Waals surface area (Å²) < 4.78 is 70.5. The minimum atomic E-state index is -1.98. The molecule has 44 heavy (non-hydrogen) atoms. The Kier molecular flexibility index (Phi) is 9.02. The van der Waals surface area contributed by atoms with E-state index in [0.717, 1.165) is 24.3 Å². The number of piperidine rings is 1. The first-order chi connectivity index (χ1) is 21.0. The van der Waals surface area contributed by atoms with Gasteiger partial charge in [0, 0.05) is 51.4 Å². The summed E-state index contributed by atoms with van der Waals surface area (Å²) in [6.07, 6.45) is 2.21. The van der Waals surface area contributed by atoms with Gasteiger partial charge in [0.15, 0.2) is 0 Å². The molecule has 14 heteroatoms. The summed E-state index contributed by atoms with van der Waals surface area (Å²) in [7, 11) is 1.27. The van der Waals surface area contributed by atoms with E-state index in [2.05, 4.69) is 20.6 Å². The number of pyridine rings is 2. The molecule has 1 aromatic carbocycles. The highest BCUT2D eigenvalue weighted by molar-refractivity contribution is 6.04. The number of ether oxygens (including phenoxy) is 2. The van der Waals surface area contributed by atoms with E-state index in [9.17, 15) is 14.0 Å². The van der Waals surface area contributed by atoms with Gasteiger partial charge in [-0.05, 0) is 41.8 Å². The third kappa shape index (κ3) is 6.31. The van der Waals surface area contributed by atoms with Crippen LogP contribution in [0.1, 0.15) is 35.8 Å². The topological polar surface area (TPSA) is 132 Å². The van der Waals surface area contributed by atoms with E-state index >= 15 is 13.2 Å². The summed E-state index contributed by atoms with van der Waals surface area (Å²) in [5, 5.41) is 5.43. The van der Waals surface area contributed by atoms with Crippen molar-refractivity contribution in [2.45, 2.75) is 37.5 Å². The molecule has 2 aliphatic heterocycles. The molecule has 2 aromatic heterocycles. The van der Waals surface area contributed by atoms with Gasteiger partial charge in [0.1, 0.15) is 34.5 Å². The van der Waals surface area contributed by atoms with Crippen LogP contribution in [0.25, 0.3) is 11.3 Å². The molecule has 0 aliphatic carbocycles. The fraction of sp³-hybridized carbons (Fsp3) is 0.400. The van der Waals surface area contributed by atoms with Crippen LogP contribution in [0, 0.1) is 23.4 Å². The van der Waals surface area contributed by atoms with Gasteiger partial charge in [-0.2, -0.15) is 0 Å². The third-order valence-electron chi connectivity index (χ3n) is 8.03. The van der Waals surface area contributed by atoms with Crippen LogP contribution in [-0.2, 0) is 15.1 Å². The van der Waals surface area contributed by atoms with Gasteiger partial charge in [0.25, 0.3) is 5.91 Å². The lowest BCUT2D eigenvalue weighted by molar-refractivity contribution is -0.0117. The number of nitrogens with zero attached hydrogens (tertiary/aromatic N) is 3. The molecule has 2 saturated heterocycles. The monoisotopic (exact) mass is 616 g/mol. The SMILES string of the molecule is COC(=O)NC1C(C)CN(c2ccncc2NC(=O)c2ccc(F)c(-c3c(F)cc(C4(F)CCOCC4)cc3F)n2)CC1N. The van der Waals surface area contributed by atoms with Gasteiger partial charge in [-0.15, -0.1) is 0 Å². The molecule has 2 fully saturated rings. The lowest BCUT2D eigenvalue weighted by Gasteiger charge is -2.42. The van der Waals surface area contributed by atoms with Crippen LogP contribution in [0.15, 0.2) is 42.7 Å². The number of hydrogen-bond acceptors (Lipinski definition) is 8. The lowest BCUT2D eigenvalue weighted by atomic mass is 9.87. The zero-order chi connectivity index (χ0) is 31.6. The summed E-state index contributed by atoms with van der Waals surface area (Å²) in [6, 6.07) is 4.48. The van der Waals surface area contributed by atoms with Gasteiger partial charge in [0.05, 0.1) is 36.3 Å². The number of halogens is 4. The highest BCUT2D eigenvalue weighted by Gasteiger charge is 2.37. The molecule has 0 saturated carbocycles. The molecule has 3 atom stereocenters. The highest BCUT2D eigenvalue weighted by atomic mass is 19.1. The highest BCUT2D eigenvalue weighted by Crippen LogP contribution is 2.39. The molecule has 234 valence electrons. The van der Waals surface area contributed by atoms with Crippen LogP contribution in [0.4, 0.5) is 33.7 Å². The summed E-state index contributed by atoms with van der Waals surface area (Å²) in [5.41, 5.74) is 3.17. The minimum Gasteiger partial charge on any atom is -0.453 e. The van der Waals surface area contributed by atoms with Crippen LogP contribution in [0.5, 0.6) is 0 Å². The predicted octanol–water partition coefficient (Wildman–Crippen LogP) is 4.30. The first-order valence-electron chi connectivity index (χ1n) is 14.0. The molecule has 10 nitrogen and oxygen atoms in total.